The zero-order valence-electron chi connectivity index (χ0n) is 17.0. The normalized spacial score (nSPS) is 15.2. The van der Waals surface area contributed by atoms with Gasteiger partial charge in [-0.3, -0.25) is 4.79 Å². The Morgan fingerprint density at radius 3 is 2.81 bits per heavy atom. The molecule has 2 heterocycles. The Hall–Kier alpha value is -4.02. The van der Waals surface area contributed by atoms with Gasteiger partial charge in [0.25, 0.3) is 0 Å². The zero-order valence-corrected chi connectivity index (χ0v) is 17.0. The van der Waals surface area contributed by atoms with Crippen LogP contribution < -0.4 is 32.3 Å². The van der Waals surface area contributed by atoms with E-state index in [2.05, 4.69) is 17.2 Å². The lowest BCUT2D eigenvalue weighted by atomic mass is 10.0. The number of carboxylic acid groups (broad SMARTS) is 1. The van der Waals surface area contributed by atoms with E-state index in [1.807, 2.05) is 0 Å². The van der Waals surface area contributed by atoms with E-state index in [-0.39, 0.29) is 35.5 Å². The number of nitrogen functional groups attached to an aromatic ring is 1. The highest BCUT2D eigenvalue weighted by molar-refractivity contribution is 6.03. The van der Waals surface area contributed by atoms with E-state index in [0.29, 0.717) is 12.2 Å². The van der Waals surface area contributed by atoms with Crippen LogP contribution in [0.3, 0.4) is 0 Å². The van der Waals surface area contributed by atoms with Crippen LogP contribution in [0.2, 0.25) is 0 Å². The Kier molecular flexibility index (Phi) is 6.67. The maximum Gasteiger partial charge on any atom is 0.341 e. The van der Waals surface area contributed by atoms with Gasteiger partial charge in [-0.2, -0.15) is 0 Å². The number of aromatic carboxylic acids is 1. The number of halogens is 2. The first-order valence-corrected chi connectivity index (χ1v) is 9.65. The molecule has 1 aliphatic heterocycles. The van der Waals surface area contributed by atoms with Gasteiger partial charge in [-0.25, -0.2) is 13.6 Å². The lowest BCUT2D eigenvalue weighted by Gasteiger charge is -2.30. The third-order valence-corrected chi connectivity index (χ3v) is 4.92. The number of nitrogens with one attached hydrogen (secondary N) is 2. The molecule has 0 radical (unpaired) electrons. The first kappa shape index (κ1) is 22.7. The molecule has 9 nitrogen and oxygen atoms in total. The number of nitrogens with two attached hydrogens (primary N) is 2. The van der Waals surface area contributed by atoms with Gasteiger partial charge in [-0.05, 0) is 18.4 Å². The second kappa shape index (κ2) is 9.41. The number of benzene rings is 1. The highest BCUT2D eigenvalue weighted by atomic mass is 19.1. The van der Waals surface area contributed by atoms with Gasteiger partial charge < -0.3 is 36.5 Å². The number of ether oxygens (including phenoxy) is 1. The van der Waals surface area contributed by atoms with Crippen LogP contribution in [0, 0.1) is 5.82 Å². The maximum absolute atomic E-state index is 15.1. The standard InChI is InChI=1S/C21H23F2N5O4/c1-11(4-2-3-5-24)26-6-7-27-17-15(23)16(25)14-18-20(17)32-10-12(8-22)28(18)9-13(19(14)29)21(30)31/h2-5,9,12,26-27H,1,6-8,10,24-25H2,(H,30,31)/b4-2-,5-3-/t12-/m0/s1. The maximum atomic E-state index is 15.1. The number of aromatic nitrogens is 1. The number of carbonyl (C=O) groups is 1. The molecule has 11 heteroatoms. The highest BCUT2D eigenvalue weighted by Crippen LogP contribution is 2.43. The van der Waals surface area contributed by atoms with Crippen molar-refractivity contribution in [1.82, 2.24) is 9.88 Å². The average Bonchev–Trinajstić information content (AvgIpc) is 2.76. The van der Waals surface area contributed by atoms with Gasteiger partial charge in [0.2, 0.25) is 5.43 Å². The molecule has 0 amide bonds. The number of anilines is 2. The minimum atomic E-state index is -1.52. The molecule has 1 aromatic heterocycles. The third-order valence-electron chi connectivity index (χ3n) is 4.92. The summed E-state index contributed by atoms with van der Waals surface area (Å²) >= 11 is 0. The molecule has 0 saturated heterocycles. The number of carboxylic acids is 1. The minimum absolute atomic E-state index is 0.0303. The molecule has 170 valence electrons. The van der Waals surface area contributed by atoms with E-state index in [1.165, 1.54) is 10.8 Å². The van der Waals surface area contributed by atoms with Crippen molar-refractivity contribution in [3.05, 3.63) is 64.5 Å². The van der Waals surface area contributed by atoms with Crippen molar-refractivity contribution < 1.29 is 23.4 Å². The molecule has 0 unspecified atom stereocenters. The molecule has 2 aromatic rings. The fourth-order valence-corrected chi connectivity index (χ4v) is 3.40. The monoisotopic (exact) mass is 447 g/mol. The van der Waals surface area contributed by atoms with Crippen molar-refractivity contribution in [3.8, 4) is 5.75 Å². The van der Waals surface area contributed by atoms with E-state index < -0.39 is 41.2 Å². The summed E-state index contributed by atoms with van der Waals surface area (Å²) in [5.74, 6) is -2.50. The highest BCUT2D eigenvalue weighted by Gasteiger charge is 2.31. The Labute approximate surface area is 181 Å². The average molecular weight is 447 g/mol. The Bertz CT molecular complexity index is 1190. The molecule has 0 bridgehead atoms. The van der Waals surface area contributed by atoms with Crippen LogP contribution in [0.25, 0.3) is 10.9 Å². The second-order valence-corrected chi connectivity index (χ2v) is 6.98. The molecule has 1 atom stereocenters. The molecular formula is C21H23F2N5O4. The lowest BCUT2D eigenvalue weighted by Crippen LogP contribution is -2.30. The molecular weight excluding hydrogens is 424 g/mol. The molecule has 0 aliphatic carbocycles. The summed E-state index contributed by atoms with van der Waals surface area (Å²) in [6, 6.07) is -0.888. The summed E-state index contributed by atoms with van der Waals surface area (Å²) in [6.45, 7) is 3.33. The van der Waals surface area contributed by atoms with Gasteiger partial charge >= 0.3 is 5.97 Å². The zero-order chi connectivity index (χ0) is 23.4. The van der Waals surface area contributed by atoms with E-state index in [1.54, 1.807) is 18.2 Å². The SMILES string of the molecule is C=C(/C=C\C=C/N)NCCNc1c(F)c(N)c2c(=O)c(C(=O)O)cn3c2c1OC[C@@H]3CF. The van der Waals surface area contributed by atoms with Gasteiger partial charge in [-0.15, -0.1) is 0 Å². The van der Waals surface area contributed by atoms with Gasteiger partial charge in [0, 0.05) is 25.0 Å². The number of allylic oxidation sites excluding steroid dienone is 3. The summed E-state index contributed by atoms with van der Waals surface area (Å²) in [5.41, 5.74) is 9.54. The summed E-state index contributed by atoms with van der Waals surface area (Å²) < 4.78 is 35.5. The number of pyridine rings is 1. The molecule has 0 fully saturated rings. The topological polar surface area (TPSA) is 145 Å². The predicted octanol–water partition coefficient (Wildman–Crippen LogP) is 1.87. The van der Waals surface area contributed by atoms with Crippen molar-refractivity contribution in [2.75, 3.05) is 37.4 Å². The van der Waals surface area contributed by atoms with Gasteiger partial charge in [0.05, 0.1) is 22.6 Å². The van der Waals surface area contributed by atoms with E-state index >= 15 is 4.39 Å². The van der Waals surface area contributed by atoms with Gasteiger partial charge in [0.1, 0.15) is 24.5 Å². The van der Waals surface area contributed by atoms with E-state index in [0.717, 1.165) is 6.20 Å². The van der Waals surface area contributed by atoms with Gasteiger partial charge in [-0.1, -0.05) is 12.7 Å². The molecule has 32 heavy (non-hydrogen) atoms. The summed E-state index contributed by atoms with van der Waals surface area (Å²) in [4.78, 5) is 24.2. The summed E-state index contributed by atoms with van der Waals surface area (Å²) in [5, 5.41) is 14.9. The molecule has 1 aliphatic rings. The van der Waals surface area contributed by atoms with Crippen molar-refractivity contribution in [3.63, 3.8) is 0 Å². The Morgan fingerprint density at radius 1 is 1.41 bits per heavy atom. The summed E-state index contributed by atoms with van der Waals surface area (Å²) in [6.07, 6.45) is 7.42. The minimum Gasteiger partial charge on any atom is -0.487 e. The summed E-state index contributed by atoms with van der Waals surface area (Å²) in [7, 11) is 0. The van der Waals surface area contributed by atoms with Crippen LogP contribution in [0.5, 0.6) is 5.75 Å². The predicted molar refractivity (Wildman–Crippen MR) is 118 cm³/mol. The number of hydrogen-bond acceptors (Lipinski definition) is 7. The Balaban J connectivity index is 1.99. The quantitative estimate of drug-likeness (QED) is 0.223. The molecule has 0 spiro atoms. The van der Waals surface area contributed by atoms with Crippen molar-refractivity contribution in [1.29, 1.82) is 0 Å². The first-order valence-electron chi connectivity index (χ1n) is 9.65. The van der Waals surface area contributed by atoms with Crippen LogP contribution in [-0.2, 0) is 0 Å². The number of hydrogen-bond donors (Lipinski definition) is 5. The van der Waals surface area contributed by atoms with Crippen molar-refractivity contribution in [2.45, 2.75) is 6.04 Å². The third kappa shape index (κ3) is 4.09. The van der Waals surface area contributed by atoms with Crippen LogP contribution >= 0.6 is 0 Å². The molecule has 3 rings (SSSR count). The number of nitrogens with zero attached hydrogens (tertiary/aromatic N) is 1. The van der Waals surface area contributed by atoms with Crippen LogP contribution in [0.1, 0.15) is 16.4 Å². The van der Waals surface area contributed by atoms with E-state index in [4.69, 9.17) is 16.2 Å². The van der Waals surface area contributed by atoms with E-state index in [9.17, 15) is 19.1 Å². The number of rotatable bonds is 9. The van der Waals surface area contributed by atoms with Crippen molar-refractivity contribution in [2.24, 2.45) is 5.73 Å². The second-order valence-electron chi connectivity index (χ2n) is 6.98. The fraction of sp³-hybridized carbons (Fsp3) is 0.238. The molecule has 0 saturated carbocycles. The fourth-order valence-electron chi connectivity index (χ4n) is 3.40. The number of alkyl halides is 1. The van der Waals surface area contributed by atoms with Crippen LogP contribution in [0.15, 0.2) is 47.7 Å². The smallest absolute Gasteiger partial charge is 0.341 e. The Morgan fingerprint density at radius 2 is 2.16 bits per heavy atom. The first-order chi connectivity index (χ1) is 15.3. The van der Waals surface area contributed by atoms with Crippen molar-refractivity contribution >= 4 is 28.2 Å². The van der Waals surface area contributed by atoms with Crippen LogP contribution in [-0.4, -0.2) is 42.0 Å². The largest absolute Gasteiger partial charge is 0.487 e. The lowest BCUT2D eigenvalue weighted by molar-refractivity contribution is 0.0694. The molecule has 1 aromatic carbocycles. The molecule has 7 N–H and O–H groups in total. The van der Waals surface area contributed by atoms with Gasteiger partial charge in [0.15, 0.2) is 11.6 Å². The van der Waals surface area contributed by atoms with Crippen LogP contribution in [0.4, 0.5) is 20.2 Å².